The van der Waals surface area contributed by atoms with E-state index in [1.54, 1.807) is 17.4 Å². The molecule has 3 heterocycles. The molecule has 0 fully saturated rings. The number of hydrogen-bond donors (Lipinski definition) is 0. The molecule has 0 bridgehead atoms. The zero-order chi connectivity index (χ0) is 12.7. The largest absolute Gasteiger partial charge is 0.288 e. The third kappa shape index (κ3) is 2.37. The van der Waals surface area contributed by atoms with Gasteiger partial charge in [-0.25, -0.2) is 0 Å². The number of halogens is 2. The number of thiophene rings is 2. The number of hydrogen-bond acceptors (Lipinski definition) is 4. The molecule has 1 aliphatic heterocycles. The number of fused-ring (bicyclic) bond motifs is 1. The highest BCUT2D eigenvalue weighted by Gasteiger charge is 2.21. The molecule has 0 N–H and O–H groups in total. The van der Waals surface area contributed by atoms with Crippen LogP contribution in [0.5, 0.6) is 0 Å². The van der Waals surface area contributed by atoms with E-state index in [-0.39, 0.29) is 5.78 Å². The molecule has 2 aromatic heterocycles. The van der Waals surface area contributed by atoms with Crippen molar-refractivity contribution in [2.45, 2.75) is 12.2 Å². The van der Waals surface area contributed by atoms with Crippen molar-refractivity contribution >= 4 is 63.4 Å². The summed E-state index contributed by atoms with van der Waals surface area (Å²) in [5, 5.41) is 0. The number of carbonyl (C=O) groups is 1. The van der Waals surface area contributed by atoms with Gasteiger partial charge in [0.2, 0.25) is 5.78 Å². The Balaban J connectivity index is 1.97. The summed E-state index contributed by atoms with van der Waals surface area (Å²) in [7, 11) is 0. The van der Waals surface area contributed by atoms with Gasteiger partial charge in [0.1, 0.15) is 4.34 Å². The van der Waals surface area contributed by atoms with Crippen molar-refractivity contribution in [1.82, 2.24) is 0 Å². The Hall–Kier alpha value is -0.000000000000000167. The van der Waals surface area contributed by atoms with E-state index in [0.29, 0.717) is 14.2 Å². The second-order valence-electron chi connectivity index (χ2n) is 3.93. The number of rotatable bonds is 2. The molecule has 0 saturated carbocycles. The molecule has 0 amide bonds. The summed E-state index contributed by atoms with van der Waals surface area (Å²) in [4.78, 5) is 14.5. The lowest BCUT2D eigenvalue weighted by molar-refractivity contribution is 0.104. The van der Waals surface area contributed by atoms with Crippen molar-refractivity contribution in [3.8, 4) is 0 Å². The van der Waals surface area contributed by atoms with Crippen molar-refractivity contribution in [2.24, 2.45) is 0 Å². The predicted octanol–water partition coefficient (Wildman–Crippen LogP) is 5.14. The van der Waals surface area contributed by atoms with E-state index in [4.69, 9.17) is 23.2 Å². The molecule has 1 aliphatic rings. The van der Waals surface area contributed by atoms with E-state index in [1.165, 1.54) is 21.8 Å². The van der Waals surface area contributed by atoms with Crippen LogP contribution >= 0.6 is 57.6 Å². The topological polar surface area (TPSA) is 17.1 Å². The molecule has 3 rings (SSSR count). The molecule has 0 unspecified atom stereocenters. The zero-order valence-corrected chi connectivity index (χ0v) is 13.1. The molecule has 0 atom stereocenters. The molecule has 2 aromatic rings. The first-order chi connectivity index (χ1) is 8.65. The fourth-order valence-corrected chi connectivity index (χ4v) is 5.67. The van der Waals surface area contributed by atoms with Gasteiger partial charge < -0.3 is 0 Å². The first-order valence-corrected chi connectivity index (χ1v) is 8.88. The minimum atomic E-state index is -0.00690. The van der Waals surface area contributed by atoms with E-state index in [9.17, 15) is 4.79 Å². The Morgan fingerprint density at radius 3 is 2.72 bits per heavy atom. The third-order valence-electron chi connectivity index (χ3n) is 2.75. The van der Waals surface area contributed by atoms with Crippen LogP contribution in [0.1, 0.15) is 25.7 Å². The maximum atomic E-state index is 12.4. The Labute approximate surface area is 127 Å². The van der Waals surface area contributed by atoms with Gasteiger partial charge in [-0.3, -0.25) is 4.79 Å². The van der Waals surface area contributed by atoms with Crippen molar-refractivity contribution in [3.63, 3.8) is 0 Å². The summed E-state index contributed by atoms with van der Waals surface area (Å²) in [5.41, 5.74) is 1.83. The second-order valence-corrected chi connectivity index (χ2v) is 8.46. The van der Waals surface area contributed by atoms with E-state index in [2.05, 4.69) is 0 Å². The number of ketones is 1. The second kappa shape index (κ2) is 5.17. The lowest BCUT2D eigenvalue weighted by Crippen LogP contribution is -1.97. The average molecular weight is 335 g/mol. The Kier molecular flexibility index (Phi) is 3.74. The first-order valence-electron chi connectivity index (χ1n) is 5.34. The van der Waals surface area contributed by atoms with E-state index in [0.717, 1.165) is 22.8 Å². The van der Waals surface area contributed by atoms with Gasteiger partial charge in [-0.05, 0) is 29.9 Å². The van der Waals surface area contributed by atoms with E-state index >= 15 is 0 Å². The maximum Gasteiger partial charge on any atom is 0.205 e. The van der Waals surface area contributed by atoms with E-state index < -0.39 is 0 Å². The van der Waals surface area contributed by atoms with Crippen molar-refractivity contribution in [3.05, 3.63) is 41.7 Å². The number of thioether (sulfide) groups is 1. The molecule has 0 aromatic carbocycles. The van der Waals surface area contributed by atoms with Crippen LogP contribution in [0.15, 0.2) is 12.1 Å². The lowest BCUT2D eigenvalue weighted by Gasteiger charge is -2.08. The van der Waals surface area contributed by atoms with Crippen molar-refractivity contribution < 1.29 is 4.79 Å². The summed E-state index contributed by atoms with van der Waals surface area (Å²) in [6.07, 6.45) is 1.07. The van der Waals surface area contributed by atoms with Crippen LogP contribution < -0.4 is 0 Å². The normalized spacial score (nSPS) is 14.6. The van der Waals surface area contributed by atoms with Gasteiger partial charge in [0, 0.05) is 10.6 Å². The van der Waals surface area contributed by atoms with Gasteiger partial charge in [0.05, 0.1) is 14.8 Å². The predicted molar refractivity (Wildman–Crippen MR) is 82.0 cm³/mol. The Morgan fingerprint density at radius 1 is 1.22 bits per heavy atom. The van der Waals surface area contributed by atoms with Gasteiger partial charge in [-0.15, -0.1) is 22.7 Å². The summed E-state index contributed by atoms with van der Waals surface area (Å²) in [5.74, 6) is 2.15. The zero-order valence-electron chi connectivity index (χ0n) is 9.16. The van der Waals surface area contributed by atoms with Gasteiger partial charge in [-0.1, -0.05) is 23.2 Å². The summed E-state index contributed by atoms with van der Waals surface area (Å²) < 4.78 is 1.03. The summed E-state index contributed by atoms with van der Waals surface area (Å²) >= 11 is 16.7. The van der Waals surface area contributed by atoms with Crippen LogP contribution in [0.3, 0.4) is 0 Å². The molecule has 94 valence electrons. The SMILES string of the molecule is O=C(c1cc2c(s1)CCSC2)c1cc(Cl)sc1Cl. The number of carbonyl (C=O) groups excluding carboxylic acids is 1. The van der Waals surface area contributed by atoms with Crippen LogP contribution in [-0.4, -0.2) is 11.5 Å². The molecule has 18 heavy (non-hydrogen) atoms. The first kappa shape index (κ1) is 13.0. The van der Waals surface area contributed by atoms with Crippen LogP contribution in [-0.2, 0) is 12.2 Å². The molecule has 0 aliphatic carbocycles. The van der Waals surface area contributed by atoms with Crippen LogP contribution in [0.2, 0.25) is 8.67 Å². The maximum absolute atomic E-state index is 12.4. The summed E-state index contributed by atoms with van der Waals surface area (Å²) in [6, 6.07) is 3.67. The van der Waals surface area contributed by atoms with Crippen molar-refractivity contribution in [2.75, 3.05) is 5.75 Å². The molecule has 0 radical (unpaired) electrons. The molecule has 1 nitrogen and oxygen atoms in total. The smallest absolute Gasteiger partial charge is 0.205 e. The lowest BCUT2D eigenvalue weighted by atomic mass is 10.1. The number of aryl methyl sites for hydroxylation is 1. The van der Waals surface area contributed by atoms with Crippen LogP contribution in [0.25, 0.3) is 0 Å². The average Bonchev–Trinajstić information content (AvgIpc) is 2.91. The molecular formula is C12H8Cl2OS3. The van der Waals surface area contributed by atoms with Crippen LogP contribution in [0, 0.1) is 0 Å². The fourth-order valence-electron chi connectivity index (χ4n) is 1.89. The minimum absolute atomic E-state index is 0.00690. The van der Waals surface area contributed by atoms with Crippen molar-refractivity contribution in [1.29, 1.82) is 0 Å². The molecule has 6 heteroatoms. The highest BCUT2D eigenvalue weighted by Crippen LogP contribution is 2.36. The third-order valence-corrected chi connectivity index (χ3v) is 6.48. The molecular weight excluding hydrogens is 327 g/mol. The van der Waals surface area contributed by atoms with Gasteiger partial charge >= 0.3 is 0 Å². The van der Waals surface area contributed by atoms with Gasteiger partial charge in [-0.2, -0.15) is 11.8 Å². The Morgan fingerprint density at radius 2 is 2.06 bits per heavy atom. The van der Waals surface area contributed by atoms with E-state index in [1.807, 2.05) is 17.8 Å². The minimum Gasteiger partial charge on any atom is -0.288 e. The highest BCUT2D eigenvalue weighted by atomic mass is 35.5. The summed E-state index contributed by atoms with van der Waals surface area (Å²) in [6.45, 7) is 0. The molecule has 0 spiro atoms. The molecule has 0 saturated heterocycles. The van der Waals surface area contributed by atoms with Crippen LogP contribution in [0.4, 0.5) is 0 Å². The van der Waals surface area contributed by atoms with Gasteiger partial charge in [0.25, 0.3) is 0 Å². The van der Waals surface area contributed by atoms with Gasteiger partial charge in [0.15, 0.2) is 0 Å². The standard InChI is InChI=1S/C12H8Cl2OS3/c13-10-4-7(12(14)18-10)11(15)9-3-6-5-16-2-1-8(6)17-9/h3-4H,1-2,5H2. The Bertz CT molecular complexity index is 591. The fraction of sp³-hybridized carbons (Fsp3) is 0.250. The monoisotopic (exact) mass is 334 g/mol. The highest BCUT2D eigenvalue weighted by molar-refractivity contribution is 7.98. The quantitative estimate of drug-likeness (QED) is 0.707.